The van der Waals surface area contributed by atoms with Crippen LogP contribution in [0.2, 0.25) is 0 Å². The van der Waals surface area contributed by atoms with E-state index < -0.39 is 24.3 Å². The average molecular weight is 434 g/mol. The Labute approximate surface area is 182 Å². The van der Waals surface area contributed by atoms with Crippen LogP contribution in [-0.2, 0) is 19.1 Å². The van der Waals surface area contributed by atoms with E-state index in [0.29, 0.717) is 11.4 Å². The summed E-state index contributed by atoms with van der Waals surface area (Å²) in [5.41, 5.74) is 0.810. The van der Waals surface area contributed by atoms with Gasteiger partial charge in [-0.05, 0) is 60.7 Å². The number of halogens is 1. The Morgan fingerprint density at radius 1 is 1.00 bits per heavy atom. The molecule has 0 unspecified atom stereocenters. The molecule has 1 aliphatic heterocycles. The summed E-state index contributed by atoms with van der Waals surface area (Å²) >= 11 is 0. The standard InChI is InChI=1S/C24H19FN2O5/c25-16-6-8-17(9-7-16)26-19(28)12-32-24(31)15-2-1-3-18(11-15)27-22(29)20-13-4-5-14(10-13)21(20)23(27)30/h1-9,11,13-14,20-21H,10,12H2,(H,26,28)/t13-,14-,20-,21+/m0/s1. The van der Waals surface area contributed by atoms with E-state index in [1.165, 1.54) is 41.3 Å². The Bertz CT molecular complexity index is 1130. The van der Waals surface area contributed by atoms with Crippen molar-refractivity contribution in [3.63, 3.8) is 0 Å². The van der Waals surface area contributed by atoms with Crippen molar-refractivity contribution in [2.45, 2.75) is 6.42 Å². The molecule has 162 valence electrons. The van der Waals surface area contributed by atoms with Crippen molar-refractivity contribution in [2.24, 2.45) is 23.7 Å². The second-order valence-electron chi connectivity index (χ2n) is 8.19. The van der Waals surface area contributed by atoms with Crippen LogP contribution in [0, 0.1) is 29.5 Å². The minimum Gasteiger partial charge on any atom is -0.452 e. The van der Waals surface area contributed by atoms with Gasteiger partial charge in [-0.15, -0.1) is 0 Å². The summed E-state index contributed by atoms with van der Waals surface area (Å²) in [5.74, 6) is -2.71. The number of amides is 3. The first-order chi connectivity index (χ1) is 15.4. The first-order valence-corrected chi connectivity index (χ1v) is 10.3. The van der Waals surface area contributed by atoms with Crippen molar-refractivity contribution in [1.82, 2.24) is 0 Å². The zero-order chi connectivity index (χ0) is 22.4. The van der Waals surface area contributed by atoms with E-state index in [9.17, 15) is 23.6 Å². The van der Waals surface area contributed by atoms with Crippen LogP contribution in [-0.4, -0.2) is 30.3 Å². The van der Waals surface area contributed by atoms with Crippen LogP contribution in [0.15, 0.2) is 60.7 Å². The monoisotopic (exact) mass is 434 g/mol. The minimum atomic E-state index is -0.762. The molecule has 0 radical (unpaired) electrons. The van der Waals surface area contributed by atoms with Crippen molar-refractivity contribution >= 4 is 35.1 Å². The second kappa shape index (κ2) is 7.71. The Balaban J connectivity index is 1.25. The van der Waals surface area contributed by atoms with Crippen LogP contribution in [0.4, 0.5) is 15.8 Å². The predicted octanol–water partition coefficient (Wildman–Crippen LogP) is 2.93. The molecule has 1 N–H and O–H groups in total. The summed E-state index contributed by atoms with van der Waals surface area (Å²) in [4.78, 5) is 51.5. The molecule has 1 heterocycles. The molecule has 2 aromatic carbocycles. The highest BCUT2D eigenvalue weighted by atomic mass is 19.1. The summed E-state index contributed by atoms with van der Waals surface area (Å²) in [6, 6.07) is 11.2. The number of fused-ring (bicyclic) bond motifs is 5. The molecule has 0 spiro atoms. The van der Waals surface area contributed by atoms with Gasteiger partial charge in [-0.1, -0.05) is 18.2 Å². The van der Waals surface area contributed by atoms with E-state index in [1.54, 1.807) is 12.1 Å². The second-order valence-corrected chi connectivity index (χ2v) is 8.19. The lowest BCUT2D eigenvalue weighted by atomic mass is 9.85. The van der Waals surface area contributed by atoms with Gasteiger partial charge < -0.3 is 10.1 Å². The molecule has 7 nitrogen and oxygen atoms in total. The number of carbonyl (C=O) groups excluding carboxylic acids is 4. The molecule has 4 atom stereocenters. The number of ether oxygens (including phenoxy) is 1. The van der Waals surface area contributed by atoms with Crippen molar-refractivity contribution in [2.75, 3.05) is 16.8 Å². The molecule has 2 aliphatic carbocycles. The molecule has 0 aromatic heterocycles. The summed E-state index contributed by atoms with van der Waals surface area (Å²) in [7, 11) is 0. The number of carbonyl (C=O) groups is 4. The molecule has 1 saturated carbocycles. The number of esters is 1. The maximum Gasteiger partial charge on any atom is 0.338 e. The fourth-order valence-corrected chi connectivity index (χ4v) is 4.87. The molecular formula is C24H19FN2O5. The van der Waals surface area contributed by atoms with Gasteiger partial charge in [0, 0.05) is 5.69 Å². The van der Waals surface area contributed by atoms with Crippen molar-refractivity contribution in [3.8, 4) is 0 Å². The lowest BCUT2D eigenvalue weighted by molar-refractivity contribution is -0.123. The SMILES string of the molecule is O=C(COC(=O)c1cccc(N2C(=O)[C@@H]3[C@H](C2=O)[C@H]2C=C[C@H]3C2)c1)Nc1ccc(F)cc1. The molecule has 5 rings (SSSR count). The summed E-state index contributed by atoms with van der Waals surface area (Å²) in [6.45, 7) is -0.540. The third kappa shape index (κ3) is 3.37. The van der Waals surface area contributed by atoms with Gasteiger partial charge in [-0.25, -0.2) is 14.1 Å². The Kier molecular flexibility index (Phi) is 4.84. The Hall–Kier alpha value is -3.81. The Morgan fingerprint density at radius 3 is 2.31 bits per heavy atom. The number of nitrogens with one attached hydrogen (secondary N) is 1. The van der Waals surface area contributed by atoms with Gasteiger partial charge in [0.2, 0.25) is 11.8 Å². The number of rotatable bonds is 5. The van der Waals surface area contributed by atoms with Gasteiger partial charge in [-0.3, -0.25) is 14.4 Å². The lowest BCUT2D eigenvalue weighted by Crippen LogP contribution is -2.33. The third-order valence-corrected chi connectivity index (χ3v) is 6.27. The van der Waals surface area contributed by atoms with Crippen LogP contribution in [0.1, 0.15) is 16.8 Å². The van der Waals surface area contributed by atoms with Crippen LogP contribution in [0.5, 0.6) is 0 Å². The normalized spacial score (nSPS) is 25.2. The highest BCUT2D eigenvalue weighted by Crippen LogP contribution is 2.53. The molecule has 2 bridgehead atoms. The van der Waals surface area contributed by atoms with E-state index in [4.69, 9.17) is 4.74 Å². The van der Waals surface area contributed by atoms with Crippen molar-refractivity contribution < 1.29 is 28.3 Å². The van der Waals surface area contributed by atoms with Gasteiger partial charge in [0.25, 0.3) is 5.91 Å². The molecular weight excluding hydrogens is 415 g/mol. The van der Waals surface area contributed by atoms with Crippen LogP contribution in [0.25, 0.3) is 0 Å². The minimum absolute atomic E-state index is 0.0965. The Morgan fingerprint density at radius 2 is 1.66 bits per heavy atom. The van der Waals surface area contributed by atoms with E-state index in [1.807, 2.05) is 12.2 Å². The van der Waals surface area contributed by atoms with E-state index in [2.05, 4.69) is 5.32 Å². The maximum absolute atomic E-state index is 13.0. The van der Waals surface area contributed by atoms with Crippen LogP contribution >= 0.6 is 0 Å². The molecule has 3 amide bonds. The van der Waals surface area contributed by atoms with Gasteiger partial charge in [0.1, 0.15) is 5.82 Å². The summed E-state index contributed by atoms with van der Waals surface area (Å²) in [5, 5.41) is 2.49. The molecule has 3 aliphatic rings. The van der Waals surface area contributed by atoms with Crippen molar-refractivity contribution in [1.29, 1.82) is 0 Å². The predicted molar refractivity (Wildman–Crippen MR) is 112 cm³/mol. The largest absolute Gasteiger partial charge is 0.452 e. The highest BCUT2D eigenvalue weighted by Gasteiger charge is 2.59. The fraction of sp³-hybridized carbons (Fsp3) is 0.250. The summed E-state index contributed by atoms with van der Waals surface area (Å²) in [6.07, 6.45) is 4.88. The number of hydrogen-bond donors (Lipinski definition) is 1. The number of nitrogens with zero attached hydrogens (tertiary/aromatic N) is 1. The lowest BCUT2D eigenvalue weighted by Gasteiger charge is -2.18. The fourth-order valence-electron chi connectivity index (χ4n) is 4.87. The summed E-state index contributed by atoms with van der Waals surface area (Å²) < 4.78 is 18.0. The molecule has 32 heavy (non-hydrogen) atoms. The molecule has 8 heteroatoms. The van der Waals surface area contributed by atoms with Crippen molar-refractivity contribution in [3.05, 3.63) is 72.1 Å². The zero-order valence-corrected chi connectivity index (χ0v) is 16.9. The molecule has 1 saturated heterocycles. The van der Waals surface area contributed by atoms with E-state index in [-0.39, 0.29) is 41.0 Å². The first-order valence-electron chi connectivity index (χ1n) is 10.3. The van der Waals surface area contributed by atoms with Gasteiger partial charge in [-0.2, -0.15) is 0 Å². The van der Waals surface area contributed by atoms with E-state index in [0.717, 1.165) is 6.42 Å². The van der Waals surface area contributed by atoms with Crippen LogP contribution < -0.4 is 10.2 Å². The third-order valence-electron chi connectivity index (χ3n) is 6.27. The number of benzene rings is 2. The number of hydrogen-bond acceptors (Lipinski definition) is 5. The number of allylic oxidation sites excluding steroid dienone is 2. The topological polar surface area (TPSA) is 92.8 Å². The maximum atomic E-state index is 13.0. The first kappa shape index (κ1) is 20.1. The average Bonchev–Trinajstić information content (AvgIpc) is 3.47. The number of imide groups is 1. The molecule has 2 fully saturated rings. The highest BCUT2D eigenvalue weighted by molar-refractivity contribution is 6.23. The molecule has 2 aromatic rings. The van der Waals surface area contributed by atoms with Gasteiger partial charge in [0.05, 0.1) is 23.1 Å². The van der Waals surface area contributed by atoms with Crippen LogP contribution in [0.3, 0.4) is 0 Å². The van der Waals surface area contributed by atoms with Gasteiger partial charge in [0.15, 0.2) is 6.61 Å². The quantitative estimate of drug-likeness (QED) is 0.444. The smallest absolute Gasteiger partial charge is 0.338 e. The zero-order valence-electron chi connectivity index (χ0n) is 16.9. The number of anilines is 2. The van der Waals surface area contributed by atoms with E-state index >= 15 is 0 Å². The van der Waals surface area contributed by atoms with Gasteiger partial charge >= 0.3 is 5.97 Å².